The normalized spacial score (nSPS) is 12.2. The van der Waals surface area contributed by atoms with Gasteiger partial charge in [0, 0.05) is 6.54 Å². The van der Waals surface area contributed by atoms with Gasteiger partial charge in [0.05, 0.1) is 6.54 Å². The SMILES string of the molecule is CCNC(=NCc1nc(C)no1)NCC(C)Oc1cccc(C)c1.I. The van der Waals surface area contributed by atoms with Gasteiger partial charge in [-0.15, -0.1) is 24.0 Å². The fraction of sp³-hybridized carbons (Fsp3) is 0.471. The van der Waals surface area contributed by atoms with Crippen LogP contribution in [0.5, 0.6) is 5.75 Å². The van der Waals surface area contributed by atoms with E-state index in [1.165, 1.54) is 5.56 Å². The standard InChI is InChI=1S/C17H25N5O2.HI/c1-5-18-17(20-11-16-21-14(4)22-24-16)19-10-13(3)23-15-8-6-7-12(2)9-15;/h6-9,13H,5,10-11H2,1-4H3,(H2,18,19,20);1H. The quantitative estimate of drug-likeness (QED) is 0.377. The molecule has 1 unspecified atom stereocenters. The smallest absolute Gasteiger partial charge is 0.248 e. The Labute approximate surface area is 165 Å². The third-order valence-electron chi connectivity index (χ3n) is 3.17. The predicted molar refractivity (Wildman–Crippen MR) is 109 cm³/mol. The van der Waals surface area contributed by atoms with Crippen LogP contribution in [0.3, 0.4) is 0 Å². The molecule has 0 aliphatic carbocycles. The maximum atomic E-state index is 5.90. The molecule has 0 aliphatic heterocycles. The van der Waals surface area contributed by atoms with Crippen LogP contribution in [-0.4, -0.2) is 35.3 Å². The molecule has 8 heteroatoms. The molecule has 1 aromatic heterocycles. The van der Waals surface area contributed by atoms with Crippen molar-refractivity contribution in [2.75, 3.05) is 13.1 Å². The molecule has 0 aliphatic rings. The summed E-state index contributed by atoms with van der Waals surface area (Å²) in [5, 5.41) is 10.2. The lowest BCUT2D eigenvalue weighted by Gasteiger charge is -2.17. The fourth-order valence-corrected chi connectivity index (χ4v) is 2.10. The Balaban J connectivity index is 0.00000312. The van der Waals surface area contributed by atoms with Crippen LogP contribution in [0.1, 0.15) is 31.1 Å². The Kier molecular flexibility index (Phi) is 9.25. The summed E-state index contributed by atoms with van der Waals surface area (Å²) >= 11 is 0. The summed E-state index contributed by atoms with van der Waals surface area (Å²) in [6.45, 7) is 9.59. The summed E-state index contributed by atoms with van der Waals surface area (Å²) in [6, 6.07) is 8.02. The Morgan fingerprint density at radius 3 is 2.76 bits per heavy atom. The zero-order valence-corrected chi connectivity index (χ0v) is 17.4. The molecule has 0 spiro atoms. The minimum atomic E-state index is 0. The van der Waals surface area contributed by atoms with E-state index in [2.05, 4.69) is 25.8 Å². The molecule has 0 saturated carbocycles. The summed E-state index contributed by atoms with van der Waals surface area (Å²) in [4.78, 5) is 8.57. The van der Waals surface area contributed by atoms with Crippen molar-refractivity contribution in [2.24, 2.45) is 4.99 Å². The van der Waals surface area contributed by atoms with Gasteiger partial charge in [-0.2, -0.15) is 4.98 Å². The molecule has 2 aromatic rings. The third kappa shape index (κ3) is 7.72. The Morgan fingerprint density at radius 1 is 1.32 bits per heavy atom. The molecule has 0 amide bonds. The van der Waals surface area contributed by atoms with Gasteiger partial charge in [-0.05, 0) is 45.4 Å². The first kappa shape index (κ1) is 21.2. The molecule has 2 N–H and O–H groups in total. The second kappa shape index (κ2) is 10.9. The summed E-state index contributed by atoms with van der Waals surface area (Å²) < 4.78 is 11.0. The van der Waals surface area contributed by atoms with Crippen LogP contribution < -0.4 is 15.4 Å². The summed E-state index contributed by atoms with van der Waals surface area (Å²) in [6.07, 6.45) is 0.00121. The van der Waals surface area contributed by atoms with E-state index in [1.807, 2.05) is 45.0 Å². The minimum Gasteiger partial charge on any atom is -0.489 e. The zero-order chi connectivity index (χ0) is 17.4. The number of hydrogen-bond donors (Lipinski definition) is 2. The van der Waals surface area contributed by atoms with Crippen molar-refractivity contribution in [3.05, 3.63) is 41.5 Å². The number of hydrogen-bond acceptors (Lipinski definition) is 5. The average molecular weight is 459 g/mol. The van der Waals surface area contributed by atoms with Crippen molar-refractivity contribution in [3.8, 4) is 5.75 Å². The van der Waals surface area contributed by atoms with E-state index in [4.69, 9.17) is 9.26 Å². The van der Waals surface area contributed by atoms with Gasteiger partial charge in [-0.1, -0.05) is 17.3 Å². The monoisotopic (exact) mass is 459 g/mol. The van der Waals surface area contributed by atoms with Crippen molar-refractivity contribution in [2.45, 2.75) is 40.3 Å². The van der Waals surface area contributed by atoms with Gasteiger partial charge < -0.3 is 19.9 Å². The summed E-state index contributed by atoms with van der Waals surface area (Å²) in [5.41, 5.74) is 1.18. The van der Waals surface area contributed by atoms with Crippen LogP contribution in [0.25, 0.3) is 0 Å². The van der Waals surface area contributed by atoms with E-state index in [0.29, 0.717) is 30.8 Å². The molecule has 25 heavy (non-hydrogen) atoms. The number of aryl methyl sites for hydroxylation is 2. The van der Waals surface area contributed by atoms with Crippen LogP contribution in [0.4, 0.5) is 0 Å². The first-order chi connectivity index (χ1) is 11.6. The highest BCUT2D eigenvalue weighted by atomic mass is 127. The van der Waals surface area contributed by atoms with Crippen molar-refractivity contribution < 1.29 is 9.26 Å². The second-order valence-electron chi connectivity index (χ2n) is 5.56. The molecule has 7 nitrogen and oxygen atoms in total. The molecular weight excluding hydrogens is 433 g/mol. The van der Waals surface area contributed by atoms with Gasteiger partial charge in [-0.25, -0.2) is 4.99 Å². The molecule has 1 aromatic carbocycles. The zero-order valence-electron chi connectivity index (χ0n) is 15.1. The first-order valence-corrected chi connectivity index (χ1v) is 8.11. The summed E-state index contributed by atoms with van der Waals surface area (Å²) in [5.74, 6) is 2.66. The third-order valence-corrected chi connectivity index (χ3v) is 3.17. The molecule has 1 atom stereocenters. The fourth-order valence-electron chi connectivity index (χ4n) is 2.10. The Hall–Kier alpha value is -1.84. The van der Waals surface area contributed by atoms with Gasteiger partial charge in [0.2, 0.25) is 5.89 Å². The molecule has 0 fully saturated rings. The van der Waals surface area contributed by atoms with Crippen molar-refractivity contribution in [1.29, 1.82) is 0 Å². The van der Waals surface area contributed by atoms with Crippen molar-refractivity contribution in [1.82, 2.24) is 20.8 Å². The lowest BCUT2D eigenvalue weighted by molar-refractivity contribution is 0.223. The maximum absolute atomic E-state index is 5.90. The number of ether oxygens (including phenoxy) is 1. The largest absolute Gasteiger partial charge is 0.489 e. The molecule has 0 bridgehead atoms. The molecular formula is C17H26IN5O2. The minimum absolute atomic E-state index is 0. The van der Waals surface area contributed by atoms with Crippen molar-refractivity contribution >= 4 is 29.9 Å². The van der Waals surface area contributed by atoms with E-state index in [-0.39, 0.29) is 30.1 Å². The van der Waals surface area contributed by atoms with E-state index < -0.39 is 0 Å². The highest BCUT2D eigenvalue weighted by Crippen LogP contribution is 2.13. The van der Waals surface area contributed by atoms with Gasteiger partial charge in [0.1, 0.15) is 18.4 Å². The van der Waals surface area contributed by atoms with Crippen molar-refractivity contribution in [3.63, 3.8) is 0 Å². The Morgan fingerprint density at radius 2 is 2.12 bits per heavy atom. The number of aromatic nitrogens is 2. The van der Waals surface area contributed by atoms with E-state index in [1.54, 1.807) is 6.92 Å². The molecule has 0 radical (unpaired) electrons. The van der Waals surface area contributed by atoms with Crippen LogP contribution in [-0.2, 0) is 6.54 Å². The number of nitrogens with one attached hydrogen (secondary N) is 2. The lowest BCUT2D eigenvalue weighted by Crippen LogP contribution is -2.41. The van der Waals surface area contributed by atoms with E-state index in [9.17, 15) is 0 Å². The van der Waals surface area contributed by atoms with Gasteiger partial charge in [-0.3, -0.25) is 0 Å². The predicted octanol–water partition coefficient (Wildman–Crippen LogP) is 2.83. The van der Waals surface area contributed by atoms with Gasteiger partial charge in [0.15, 0.2) is 11.8 Å². The number of rotatable bonds is 7. The van der Waals surface area contributed by atoms with E-state index >= 15 is 0 Å². The first-order valence-electron chi connectivity index (χ1n) is 8.11. The molecule has 1 heterocycles. The lowest BCUT2D eigenvalue weighted by atomic mass is 10.2. The highest BCUT2D eigenvalue weighted by molar-refractivity contribution is 14.0. The number of guanidine groups is 1. The molecule has 0 saturated heterocycles. The van der Waals surface area contributed by atoms with Crippen LogP contribution in [0.2, 0.25) is 0 Å². The highest BCUT2D eigenvalue weighted by Gasteiger charge is 2.07. The molecule has 138 valence electrons. The van der Waals surface area contributed by atoms with Crippen LogP contribution in [0, 0.1) is 13.8 Å². The van der Waals surface area contributed by atoms with Gasteiger partial charge in [0.25, 0.3) is 0 Å². The Bertz CT molecular complexity index is 675. The topological polar surface area (TPSA) is 84.6 Å². The number of halogens is 1. The maximum Gasteiger partial charge on any atom is 0.248 e. The number of benzene rings is 1. The average Bonchev–Trinajstić information content (AvgIpc) is 2.95. The molecule has 2 rings (SSSR count). The summed E-state index contributed by atoms with van der Waals surface area (Å²) in [7, 11) is 0. The van der Waals surface area contributed by atoms with E-state index in [0.717, 1.165) is 12.3 Å². The van der Waals surface area contributed by atoms with Gasteiger partial charge >= 0.3 is 0 Å². The number of nitrogens with zero attached hydrogens (tertiary/aromatic N) is 3. The number of aliphatic imine (C=N–C) groups is 1. The van der Waals surface area contributed by atoms with Crippen LogP contribution >= 0.6 is 24.0 Å². The van der Waals surface area contributed by atoms with Crippen LogP contribution in [0.15, 0.2) is 33.8 Å². The second-order valence-corrected chi connectivity index (χ2v) is 5.56.